The van der Waals surface area contributed by atoms with E-state index in [1.54, 1.807) is 11.3 Å². The molecule has 48 valence electrons. The summed E-state index contributed by atoms with van der Waals surface area (Å²) in [5.41, 5.74) is 0. The van der Waals surface area contributed by atoms with Gasteiger partial charge in [0.25, 0.3) is 0 Å². The lowest BCUT2D eigenvalue weighted by Crippen LogP contribution is -1.79. The van der Waals surface area contributed by atoms with E-state index in [4.69, 9.17) is 5.11 Å². The highest BCUT2D eigenvalue weighted by Gasteiger charge is 2.36. The van der Waals surface area contributed by atoms with Gasteiger partial charge in [0.1, 0.15) is 0 Å². The van der Waals surface area contributed by atoms with E-state index in [9.17, 15) is 0 Å². The van der Waals surface area contributed by atoms with Gasteiger partial charge in [-0.3, -0.25) is 0 Å². The average Bonchev–Trinajstić information content (AvgIpc) is 2.44. The molecule has 0 bridgehead atoms. The fourth-order valence-electron chi connectivity index (χ4n) is 0.990. The summed E-state index contributed by atoms with van der Waals surface area (Å²) in [5.74, 6) is 0.477. The van der Waals surface area contributed by atoms with Crippen molar-refractivity contribution in [3.8, 4) is 0 Å². The minimum absolute atomic E-state index is 0.0383. The van der Waals surface area contributed by atoms with Crippen molar-refractivity contribution in [1.29, 1.82) is 0 Å². The molecule has 1 aromatic rings. The highest BCUT2D eigenvalue weighted by Crippen LogP contribution is 2.42. The standard InChI is InChI=1S/C7H8OS/c8-6-4-5(6)7-2-1-3-9-7/h1-3,5-6,8H,4H2. The first-order valence-corrected chi connectivity index (χ1v) is 3.97. The van der Waals surface area contributed by atoms with Crippen molar-refractivity contribution in [3.63, 3.8) is 0 Å². The van der Waals surface area contributed by atoms with Crippen LogP contribution in [0.1, 0.15) is 17.2 Å². The first kappa shape index (κ1) is 5.45. The van der Waals surface area contributed by atoms with Crippen LogP contribution in [0.5, 0.6) is 0 Å². The summed E-state index contributed by atoms with van der Waals surface area (Å²) in [4.78, 5) is 1.34. The number of thiophene rings is 1. The van der Waals surface area contributed by atoms with Gasteiger partial charge in [-0.05, 0) is 17.9 Å². The van der Waals surface area contributed by atoms with Gasteiger partial charge in [0, 0.05) is 10.8 Å². The molecule has 1 fully saturated rings. The molecular weight excluding hydrogens is 132 g/mol. The molecule has 0 spiro atoms. The van der Waals surface area contributed by atoms with E-state index < -0.39 is 0 Å². The van der Waals surface area contributed by atoms with Crippen molar-refractivity contribution in [2.24, 2.45) is 0 Å². The van der Waals surface area contributed by atoms with E-state index in [1.165, 1.54) is 4.88 Å². The maximum Gasteiger partial charge on any atom is 0.0624 e. The van der Waals surface area contributed by atoms with Crippen molar-refractivity contribution in [3.05, 3.63) is 22.4 Å². The molecule has 0 aliphatic heterocycles. The molecule has 2 atom stereocenters. The fraction of sp³-hybridized carbons (Fsp3) is 0.429. The molecule has 0 radical (unpaired) electrons. The summed E-state index contributed by atoms with van der Waals surface area (Å²) >= 11 is 1.74. The van der Waals surface area contributed by atoms with E-state index in [0.717, 1.165) is 6.42 Å². The van der Waals surface area contributed by atoms with Crippen molar-refractivity contribution >= 4 is 11.3 Å². The monoisotopic (exact) mass is 140 g/mol. The zero-order chi connectivity index (χ0) is 6.27. The summed E-state index contributed by atoms with van der Waals surface area (Å²) in [6.45, 7) is 0. The predicted octanol–water partition coefficient (Wildman–Crippen LogP) is 1.60. The van der Waals surface area contributed by atoms with Gasteiger partial charge in [0.05, 0.1) is 6.10 Å². The van der Waals surface area contributed by atoms with Crippen molar-refractivity contribution in [2.45, 2.75) is 18.4 Å². The normalized spacial score (nSPS) is 32.6. The smallest absolute Gasteiger partial charge is 0.0624 e. The van der Waals surface area contributed by atoms with E-state index in [2.05, 4.69) is 11.4 Å². The van der Waals surface area contributed by atoms with E-state index in [-0.39, 0.29) is 6.10 Å². The predicted molar refractivity (Wildman–Crippen MR) is 37.7 cm³/mol. The molecule has 1 N–H and O–H groups in total. The lowest BCUT2D eigenvalue weighted by Gasteiger charge is -1.85. The average molecular weight is 140 g/mol. The van der Waals surface area contributed by atoms with Gasteiger partial charge in [-0.15, -0.1) is 11.3 Å². The second-order valence-corrected chi connectivity index (χ2v) is 3.40. The number of rotatable bonds is 1. The second kappa shape index (κ2) is 1.82. The largest absolute Gasteiger partial charge is 0.392 e. The van der Waals surface area contributed by atoms with Crippen LogP contribution >= 0.6 is 11.3 Å². The van der Waals surface area contributed by atoms with Gasteiger partial charge >= 0.3 is 0 Å². The van der Waals surface area contributed by atoms with Crippen LogP contribution in [0, 0.1) is 0 Å². The summed E-state index contributed by atoms with van der Waals surface area (Å²) in [6, 6.07) is 4.12. The maximum absolute atomic E-state index is 9.00. The summed E-state index contributed by atoms with van der Waals surface area (Å²) in [7, 11) is 0. The van der Waals surface area contributed by atoms with Gasteiger partial charge < -0.3 is 5.11 Å². The Hall–Kier alpha value is -0.340. The van der Waals surface area contributed by atoms with Crippen LogP contribution in [0.2, 0.25) is 0 Å². The third-order valence-electron chi connectivity index (χ3n) is 1.67. The Morgan fingerprint density at radius 3 is 2.89 bits per heavy atom. The molecule has 0 amide bonds. The number of aliphatic hydroxyl groups excluding tert-OH is 1. The molecule has 2 heteroatoms. The van der Waals surface area contributed by atoms with Crippen LogP contribution < -0.4 is 0 Å². The molecule has 1 aliphatic carbocycles. The Bertz CT molecular complexity index is 193. The molecule has 1 saturated carbocycles. The van der Waals surface area contributed by atoms with Crippen LogP contribution in [0.4, 0.5) is 0 Å². The van der Waals surface area contributed by atoms with Gasteiger partial charge in [-0.2, -0.15) is 0 Å². The Morgan fingerprint density at radius 1 is 1.67 bits per heavy atom. The lowest BCUT2D eigenvalue weighted by atomic mass is 10.3. The molecule has 0 saturated heterocycles. The minimum Gasteiger partial charge on any atom is -0.392 e. The first-order valence-electron chi connectivity index (χ1n) is 3.09. The second-order valence-electron chi connectivity index (χ2n) is 2.42. The minimum atomic E-state index is -0.0383. The van der Waals surface area contributed by atoms with Crippen molar-refractivity contribution < 1.29 is 5.11 Å². The van der Waals surface area contributed by atoms with E-state index in [1.807, 2.05) is 6.07 Å². The van der Waals surface area contributed by atoms with Crippen LogP contribution in [-0.2, 0) is 0 Å². The molecule has 0 aromatic carbocycles. The third-order valence-corrected chi connectivity index (χ3v) is 2.67. The zero-order valence-electron chi connectivity index (χ0n) is 4.95. The van der Waals surface area contributed by atoms with Gasteiger partial charge in [-0.1, -0.05) is 6.07 Å². The van der Waals surface area contributed by atoms with Gasteiger partial charge in [0.15, 0.2) is 0 Å². The highest BCUT2D eigenvalue weighted by atomic mass is 32.1. The van der Waals surface area contributed by atoms with Crippen molar-refractivity contribution in [2.75, 3.05) is 0 Å². The SMILES string of the molecule is OC1CC1c1cccs1. The molecular formula is C7H8OS. The van der Waals surface area contributed by atoms with Crippen LogP contribution in [-0.4, -0.2) is 11.2 Å². The molecule has 1 aromatic heterocycles. The van der Waals surface area contributed by atoms with Crippen LogP contribution in [0.15, 0.2) is 17.5 Å². The third kappa shape index (κ3) is 0.884. The zero-order valence-corrected chi connectivity index (χ0v) is 5.77. The molecule has 1 heterocycles. The van der Waals surface area contributed by atoms with E-state index in [0.29, 0.717) is 5.92 Å². The van der Waals surface area contributed by atoms with E-state index >= 15 is 0 Å². The Labute approximate surface area is 58.0 Å². The Kier molecular flexibility index (Phi) is 1.10. The summed E-state index contributed by atoms with van der Waals surface area (Å²) in [5, 5.41) is 11.1. The van der Waals surface area contributed by atoms with Gasteiger partial charge in [0.2, 0.25) is 0 Å². The highest BCUT2D eigenvalue weighted by molar-refractivity contribution is 7.10. The molecule has 2 rings (SSSR count). The van der Waals surface area contributed by atoms with Crippen molar-refractivity contribution in [1.82, 2.24) is 0 Å². The van der Waals surface area contributed by atoms with Crippen LogP contribution in [0.25, 0.3) is 0 Å². The molecule has 9 heavy (non-hydrogen) atoms. The topological polar surface area (TPSA) is 20.2 Å². The molecule has 1 nitrogen and oxygen atoms in total. The summed E-state index contributed by atoms with van der Waals surface area (Å²) < 4.78 is 0. The number of hydrogen-bond acceptors (Lipinski definition) is 2. The fourth-order valence-corrected chi connectivity index (χ4v) is 1.89. The number of aliphatic hydroxyl groups is 1. The molecule has 2 unspecified atom stereocenters. The Morgan fingerprint density at radius 2 is 2.44 bits per heavy atom. The molecule has 1 aliphatic rings. The summed E-state index contributed by atoms with van der Waals surface area (Å²) in [6.07, 6.45) is 0.934. The maximum atomic E-state index is 9.00. The van der Waals surface area contributed by atoms with Crippen LogP contribution in [0.3, 0.4) is 0 Å². The quantitative estimate of drug-likeness (QED) is 0.628. The Balaban J connectivity index is 2.18. The first-order chi connectivity index (χ1) is 4.38. The lowest BCUT2D eigenvalue weighted by molar-refractivity contribution is 0.272. The van der Waals surface area contributed by atoms with Gasteiger partial charge in [-0.25, -0.2) is 0 Å². The number of hydrogen-bond donors (Lipinski definition) is 1.